The molecule has 10 heteroatoms. The molecule has 0 bridgehead atoms. The molecule has 162 valence electrons. The van der Waals surface area contributed by atoms with Crippen LogP contribution in [0.3, 0.4) is 0 Å². The summed E-state index contributed by atoms with van der Waals surface area (Å²) in [6.07, 6.45) is 3.37. The third-order valence-corrected chi connectivity index (χ3v) is 5.40. The maximum absolute atomic E-state index is 12.8. The molecule has 1 saturated heterocycles. The van der Waals surface area contributed by atoms with Gasteiger partial charge in [-0.15, -0.1) is 0 Å². The van der Waals surface area contributed by atoms with Crippen molar-refractivity contribution >= 4 is 23.0 Å². The third-order valence-electron chi connectivity index (χ3n) is 5.40. The Labute approximate surface area is 175 Å². The van der Waals surface area contributed by atoms with Crippen molar-refractivity contribution in [2.75, 3.05) is 18.4 Å². The summed E-state index contributed by atoms with van der Waals surface area (Å²) >= 11 is 0. The standard InChI is InChI=1S/C21H20F3N5O2/c22-21(23,24)15-2-1-3-16(11-15)27-19(30)10-14-4-7-28(8-5-14)20(31)17-12-26-29-9-6-25-13-18(17)29/h1-3,6,9,11-14H,4-5,7-8,10H2,(H,27,30). The van der Waals surface area contributed by atoms with Crippen molar-refractivity contribution < 1.29 is 22.8 Å². The first kappa shape index (κ1) is 20.8. The van der Waals surface area contributed by atoms with Gasteiger partial charge in [0.1, 0.15) is 0 Å². The maximum Gasteiger partial charge on any atom is 0.416 e. The molecule has 0 saturated carbocycles. The molecule has 0 aliphatic carbocycles. The average molecular weight is 431 g/mol. The Morgan fingerprint density at radius 2 is 1.94 bits per heavy atom. The van der Waals surface area contributed by atoms with Crippen LogP contribution in [0, 0.1) is 5.92 Å². The topological polar surface area (TPSA) is 79.6 Å². The summed E-state index contributed by atoms with van der Waals surface area (Å²) in [5, 5.41) is 6.70. The molecule has 0 spiro atoms. The fraction of sp³-hybridized carbons (Fsp3) is 0.333. The summed E-state index contributed by atoms with van der Waals surface area (Å²) in [5.74, 6) is -0.409. The van der Waals surface area contributed by atoms with Gasteiger partial charge in [-0.3, -0.25) is 14.6 Å². The summed E-state index contributed by atoms with van der Waals surface area (Å²) in [7, 11) is 0. The van der Waals surface area contributed by atoms with Gasteiger partial charge in [0, 0.05) is 37.6 Å². The van der Waals surface area contributed by atoms with Gasteiger partial charge in [-0.25, -0.2) is 4.52 Å². The molecule has 4 rings (SSSR count). The molecule has 1 aromatic carbocycles. The number of fused-ring (bicyclic) bond motifs is 1. The minimum atomic E-state index is -4.46. The number of benzene rings is 1. The van der Waals surface area contributed by atoms with E-state index in [0.29, 0.717) is 37.0 Å². The van der Waals surface area contributed by atoms with E-state index in [1.165, 1.54) is 18.3 Å². The largest absolute Gasteiger partial charge is 0.416 e. The highest BCUT2D eigenvalue weighted by atomic mass is 19.4. The first-order valence-corrected chi connectivity index (χ1v) is 9.85. The smallest absolute Gasteiger partial charge is 0.339 e. The summed E-state index contributed by atoms with van der Waals surface area (Å²) in [5.41, 5.74) is 0.429. The van der Waals surface area contributed by atoms with E-state index in [0.717, 1.165) is 12.1 Å². The van der Waals surface area contributed by atoms with Gasteiger partial charge in [0.15, 0.2) is 0 Å². The number of anilines is 1. The van der Waals surface area contributed by atoms with Gasteiger partial charge >= 0.3 is 6.18 Å². The average Bonchev–Trinajstić information content (AvgIpc) is 3.17. The number of carbonyl (C=O) groups excluding carboxylic acids is 2. The second-order valence-corrected chi connectivity index (χ2v) is 7.53. The highest BCUT2D eigenvalue weighted by Gasteiger charge is 2.31. The molecule has 0 radical (unpaired) electrons. The number of piperidine rings is 1. The molecule has 3 heterocycles. The van der Waals surface area contributed by atoms with Crippen molar-refractivity contribution in [1.82, 2.24) is 19.5 Å². The Morgan fingerprint density at radius 1 is 1.16 bits per heavy atom. The number of aromatic nitrogens is 3. The maximum atomic E-state index is 12.8. The number of nitrogens with zero attached hydrogens (tertiary/aromatic N) is 4. The van der Waals surface area contributed by atoms with Crippen LogP contribution in [0.4, 0.5) is 18.9 Å². The first-order valence-electron chi connectivity index (χ1n) is 9.85. The summed E-state index contributed by atoms with van der Waals surface area (Å²) in [4.78, 5) is 30.9. The highest BCUT2D eigenvalue weighted by molar-refractivity contribution is 6.00. The Hall–Kier alpha value is -3.43. The number of carbonyl (C=O) groups is 2. The fourth-order valence-corrected chi connectivity index (χ4v) is 3.76. The van der Waals surface area contributed by atoms with Gasteiger partial charge in [-0.1, -0.05) is 6.07 Å². The summed E-state index contributed by atoms with van der Waals surface area (Å²) in [6, 6.07) is 4.57. The molecule has 2 aromatic heterocycles. The molecule has 2 amide bonds. The van der Waals surface area contributed by atoms with E-state index in [9.17, 15) is 22.8 Å². The van der Waals surface area contributed by atoms with Gasteiger partial charge in [-0.2, -0.15) is 18.3 Å². The van der Waals surface area contributed by atoms with Crippen LogP contribution in [0.25, 0.3) is 5.52 Å². The number of nitrogens with one attached hydrogen (secondary N) is 1. The molecule has 31 heavy (non-hydrogen) atoms. The lowest BCUT2D eigenvalue weighted by Crippen LogP contribution is -2.39. The van der Waals surface area contributed by atoms with Crippen LogP contribution in [-0.2, 0) is 11.0 Å². The van der Waals surface area contributed by atoms with Gasteiger partial charge in [0.2, 0.25) is 5.91 Å². The van der Waals surface area contributed by atoms with Crippen molar-refractivity contribution in [3.8, 4) is 0 Å². The van der Waals surface area contributed by atoms with Crippen molar-refractivity contribution in [2.24, 2.45) is 5.92 Å². The predicted molar refractivity (Wildman–Crippen MR) is 106 cm³/mol. The fourth-order valence-electron chi connectivity index (χ4n) is 3.76. The molecule has 3 aromatic rings. The Kier molecular flexibility index (Phi) is 5.62. The van der Waals surface area contributed by atoms with E-state index in [1.807, 2.05) is 0 Å². The SMILES string of the molecule is O=C(CC1CCN(C(=O)c2cnn3ccncc23)CC1)Nc1cccc(C(F)(F)F)c1. The zero-order valence-electron chi connectivity index (χ0n) is 16.5. The lowest BCUT2D eigenvalue weighted by molar-refractivity contribution is -0.137. The van der Waals surface area contributed by atoms with Crippen molar-refractivity contribution in [2.45, 2.75) is 25.4 Å². The number of alkyl halides is 3. The molecule has 7 nitrogen and oxygen atoms in total. The monoisotopic (exact) mass is 431 g/mol. The van der Waals surface area contributed by atoms with Crippen molar-refractivity contribution in [1.29, 1.82) is 0 Å². The van der Waals surface area contributed by atoms with Gasteiger partial charge in [0.05, 0.1) is 29.0 Å². The Morgan fingerprint density at radius 3 is 2.68 bits per heavy atom. The Bertz CT molecular complexity index is 1100. The lowest BCUT2D eigenvalue weighted by Gasteiger charge is -2.31. The van der Waals surface area contributed by atoms with Crippen LogP contribution in [-0.4, -0.2) is 44.4 Å². The van der Waals surface area contributed by atoms with Crippen LogP contribution in [0.2, 0.25) is 0 Å². The molecular formula is C21H20F3N5O2. The Balaban J connectivity index is 1.31. The van der Waals surface area contributed by atoms with Crippen molar-refractivity contribution in [3.05, 3.63) is 60.2 Å². The van der Waals surface area contributed by atoms with Crippen LogP contribution < -0.4 is 5.32 Å². The number of rotatable bonds is 4. The number of hydrogen-bond donors (Lipinski definition) is 1. The highest BCUT2D eigenvalue weighted by Crippen LogP contribution is 2.31. The number of likely N-dealkylation sites (tertiary alicyclic amines) is 1. The third kappa shape index (κ3) is 4.68. The zero-order valence-corrected chi connectivity index (χ0v) is 16.5. The number of hydrogen-bond acceptors (Lipinski definition) is 4. The second-order valence-electron chi connectivity index (χ2n) is 7.53. The number of halogens is 3. The lowest BCUT2D eigenvalue weighted by atomic mass is 9.93. The zero-order chi connectivity index (χ0) is 22.0. The van der Waals surface area contributed by atoms with Gasteiger partial charge in [0.25, 0.3) is 5.91 Å². The van der Waals surface area contributed by atoms with Gasteiger partial charge in [-0.05, 0) is 37.0 Å². The molecular weight excluding hydrogens is 411 g/mol. The molecule has 0 unspecified atom stereocenters. The van der Waals surface area contributed by atoms with E-state index in [2.05, 4.69) is 15.4 Å². The summed E-state index contributed by atoms with van der Waals surface area (Å²) < 4.78 is 40.0. The second kappa shape index (κ2) is 8.37. The van der Waals surface area contributed by atoms with Crippen LogP contribution in [0.15, 0.2) is 49.1 Å². The predicted octanol–water partition coefficient (Wildman–Crippen LogP) is 3.63. The van der Waals surface area contributed by atoms with E-state index >= 15 is 0 Å². The van der Waals surface area contributed by atoms with E-state index in [1.54, 1.807) is 28.0 Å². The quantitative estimate of drug-likeness (QED) is 0.684. The van der Waals surface area contributed by atoms with E-state index < -0.39 is 11.7 Å². The minimum Gasteiger partial charge on any atom is -0.339 e. The van der Waals surface area contributed by atoms with E-state index in [4.69, 9.17) is 0 Å². The molecule has 1 aliphatic heterocycles. The van der Waals surface area contributed by atoms with Crippen molar-refractivity contribution in [3.63, 3.8) is 0 Å². The first-order chi connectivity index (χ1) is 14.8. The normalized spacial score (nSPS) is 15.3. The van der Waals surface area contributed by atoms with E-state index in [-0.39, 0.29) is 29.8 Å². The summed E-state index contributed by atoms with van der Waals surface area (Å²) in [6.45, 7) is 0.996. The van der Waals surface area contributed by atoms with Crippen LogP contribution >= 0.6 is 0 Å². The minimum absolute atomic E-state index is 0.0559. The molecule has 1 N–H and O–H groups in total. The molecule has 1 aliphatic rings. The van der Waals surface area contributed by atoms with Crippen LogP contribution in [0.1, 0.15) is 35.2 Å². The van der Waals surface area contributed by atoms with Crippen LogP contribution in [0.5, 0.6) is 0 Å². The molecule has 0 atom stereocenters. The number of amides is 2. The van der Waals surface area contributed by atoms with Gasteiger partial charge < -0.3 is 10.2 Å². The molecule has 1 fully saturated rings.